The van der Waals surface area contributed by atoms with Crippen molar-refractivity contribution in [3.05, 3.63) is 141 Å². The first-order valence-electron chi connectivity index (χ1n) is 23.3. The Morgan fingerprint density at radius 3 is 1.67 bits per heavy atom. The van der Waals surface area contributed by atoms with Gasteiger partial charge in [-0.05, 0) is 139 Å². The molecule has 0 aliphatic carbocycles. The van der Waals surface area contributed by atoms with Gasteiger partial charge in [0.2, 0.25) is 0 Å². The minimum absolute atomic E-state index is 0.0144. The molecular formula is C54H58N2O11. The number of ether oxygens (including phenoxy) is 8. The van der Waals surface area contributed by atoms with Gasteiger partial charge in [0.15, 0.2) is 11.5 Å². The lowest BCUT2D eigenvalue weighted by atomic mass is 9.98. The van der Waals surface area contributed by atoms with Gasteiger partial charge in [0, 0.05) is 34.6 Å². The highest BCUT2D eigenvalue weighted by atomic mass is 16.6. The lowest BCUT2D eigenvalue weighted by Gasteiger charge is -2.23. The number of nitrogens with zero attached hydrogens (tertiary/aromatic N) is 2. The summed E-state index contributed by atoms with van der Waals surface area (Å²) in [4.78, 5) is 43.3. The van der Waals surface area contributed by atoms with Gasteiger partial charge < -0.3 is 47.7 Å². The van der Waals surface area contributed by atoms with Crippen LogP contribution in [0.4, 0.5) is 11.4 Å². The van der Waals surface area contributed by atoms with Crippen molar-refractivity contribution in [2.75, 3.05) is 70.3 Å². The lowest BCUT2D eigenvalue weighted by Crippen LogP contribution is -2.36. The van der Waals surface area contributed by atoms with E-state index in [-0.39, 0.29) is 56.1 Å². The molecule has 0 saturated heterocycles. The van der Waals surface area contributed by atoms with E-state index in [1.54, 1.807) is 7.11 Å². The zero-order chi connectivity index (χ0) is 46.3. The summed E-state index contributed by atoms with van der Waals surface area (Å²) in [5, 5.41) is 0. The molecule has 13 heteroatoms. The smallest absolute Gasteiger partial charge is 0.307 e. The SMILES string of the molecule is COC(=O)CCOCCOCCOCCOc1cc(COc2cc3c(cc2C)C(=O)N2c4ccccc4C[C@H]2CC3)cc(COc2cc3c(cc2OC)C(=O)N2c4ccccc4C[C@H]2CC3)c1. The molecule has 0 spiro atoms. The van der Waals surface area contributed by atoms with Crippen LogP contribution in [-0.2, 0) is 62.6 Å². The molecule has 350 valence electrons. The number of methoxy groups -OCH3 is 2. The van der Waals surface area contributed by atoms with Crippen LogP contribution in [0.25, 0.3) is 0 Å². The van der Waals surface area contributed by atoms with Crippen LogP contribution in [0.2, 0.25) is 0 Å². The van der Waals surface area contributed by atoms with Gasteiger partial charge in [-0.2, -0.15) is 0 Å². The van der Waals surface area contributed by atoms with Crippen molar-refractivity contribution < 1.29 is 52.3 Å². The van der Waals surface area contributed by atoms with Crippen molar-refractivity contribution in [3.8, 4) is 23.0 Å². The summed E-state index contributed by atoms with van der Waals surface area (Å²) in [6.45, 7) is 4.92. The van der Waals surface area contributed by atoms with Crippen molar-refractivity contribution in [2.24, 2.45) is 0 Å². The Hall–Kier alpha value is -6.41. The van der Waals surface area contributed by atoms with Crippen LogP contribution in [0.5, 0.6) is 23.0 Å². The number of anilines is 2. The maximum absolute atomic E-state index is 14.1. The predicted octanol–water partition coefficient (Wildman–Crippen LogP) is 8.19. The fraction of sp³-hybridized carbons (Fsp3) is 0.389. The number of benzene rings is 5. The number of aryl methyl sites for hydroxylation is 3. The fourth-order valence-corrected chi connectivity index (χ4v) is 9.73. The molecule has 4 aliphatic rings. The molecule has 4 aliphatic heterocycles. The molecule has 0 N–H and O–H groups in total. The second kappa shape index (κ2) is 21.0. The number of hydrogen-bond acceptors (Lipinski definition) is 11. The molecule has 13 nitrogen and oxygen atoms in total. The molecule has 4 heterocycles. The number of amides is 2. The summed E-state index contributed by atoms with van der Waals surface area (Å²) in [5.74, 6) is 2.14. The van der Waals surface area contributed by atoms with Crippen molar-refractivity contribution in [1.29, 1.82) is 0 Å². The first-order valence-corrected chi connectivity index (χ1v) is 23.3. The van der Waals surface area contributed by atoms with Crippen LogP contribution < -0.4 is 28.7 Å². The van der Waals surface area contributed by atoms with Crippen molar-refractivity contribution in [2.45, 2.75) is 77.2 Å². The van der Waals surface area contributed by atoms with E-state index in [9.17, 15) is 14.4 Å². The summed E-state index contributed by atoms with van der Waals surface area (Å²) in [7, 11) is 2.94. The van der Waals surface area contributed by atoms with Crippen LogP contribution in [-0.4, -0.2) is 90.3 Å². The number of carbonyl (C=O) groups is 3. The summed E-state index contributed by atoms with van der Waals surface area (Å²) in [6, 6.07) is 30.4. The van der Waals surface area contributed by atoms with E-state index in [4.69, 9.17) is 33.2 Å². The largest absolute Gasteiger partial charge is 0.493 e. The third-order valence-electron chi connectivity index (χ3n) is 13.1. The van der Waals surface area contributed by atoms with Crippen molar-refractivity contribution in [1.82, 2.24) is 0 Å². The van der Waals surface area contributed by atoms with Crippen LogP contribution in [0.1, 0.15) is 78.9 Å². The highest BCUT2D eigenvalue weighted by Crippen LogP contribution is 2.42. The molecule has 2 amide bonds. The monoisotopic (exact) mass is 910 g/mol. The number of esters is 1. The molecule has 0 fully saturated rings. The number of fused-ring (bicyclic) bond motifs is 8. The van der Waals surface area contributed by atoms with Crippen molar-refractivity contribution >= 4 is 29.2 Å². The molecule has 0 bridgehead atoms. The Kier molecular flexibility index (Phi) is 14.4. The Labute approximate surface area is 391 Å². The quantitative estimate of drug-likeness (QED) is 0.0554. The molecule has 2 atom stereocenters. The van der Waals surface area contributed by atoms with E-state index < -0.39 is 0 Å². The summed E-state index contributed by atoms with van der Waals surface area (Å²) >= 11 is 0. The first-order chi connectivity index (χ1) is 32.8. The van der Waals surface area contributed by atoms with E-state index in [2.05, 4.69) is 22.9 Å². The highest BCUT2D eigenvalue weighted by Gasteiger charge is 2.39. The van der Waals surface area contributed by atoms with E-state index in [0.29, 0.717) is 62.5 Å². The number of carbonyl (C=O) groups excluding carboxylic acids is 3. The molecule has 67 heavy (non-hydrogen) atoms. The Morgan fingerprint density at radius 2 is 1.09 bits per heavy atom. The third kappa shape index (κ3) is 10.3. The highest BCUT2D eigenvalue weighted by molar-refractivity contribution is 6.10. The molecule has 5 aromatic carbocycles. The summed E-state index contributed by atoms with van der Waals surface area (Å²) in [5.41, 5.74) is 10.4. The van der Waals surface area contributed by atoms with E-state index in [1.807, 2.05) is 89.5 Å². The molecule has 0 saturated carbocycles. The Bertz CT molecular complexity index is 2610. The van der Waals surface area contributed by atoms with Gasteiger partial charge in [-0.15, -0.1) is 0 Å². The zero-order valence-corrected chi connectivity index (χ0v) is 38.5. The summed E-state index contributed by atoms with van der Waals surface area (Å²) < 4.78 is 46.5. The van der Waals surface area contributed by atoms with Crippen LogP contribution in [0.3, 0.4) is 0 Å². The molecule has 0 radical (unpaired) electrons. The topological polar surface area (TPSA) is 132 Å². The molecule has 5 aromatic rings. The lowest BCUT2D eigenvalue weighted by molar-refractivity contribution is -0.141. The fourth-order valence-electron chi connectivity index (χ4n) is 9.73. The van der Waals surface area contributed by atoms with Crippen LogP contribution in [0, 0.1) is 6.92 Å². The number of rotatable bonds is 20. The molecular weight excluding hydrogens is 853 g/mol. The normalized spacial score (nSPS) is 16.8. The first kappa shape index (κ1) is 45.7. The molecule has 0 aromatic heterocycles. The molecule has 9 rings (SSSR count). The van der Waals surface area contributed by atoms with Gasteiger partial charge >= 0.3 is 5.97 Å². The van der Waals surface area contributed by atoms with Gasteiger partial charge in [0.25, 0.3) is 11.8 Å². The van der Waals surface area contributed by atoms with Crippen molar-refractivity contribution in [3.63, 3.8) is 0 Å². The van der Waals surface area contributed by atoms with Gasteiger partial charge in [-0.1, -0.05) is 36.4 Å². The Morgan fingerprint density at radius 1 is 0.567 bits per heavy atom. The van der Waals surface area contributed by atoms with E-state index in [0.717, 1.165) is 89.0 Å². The molecule has 0 unspecified atom stereocenters. The average molecular weight is 911 g/mol. The standard InChI is InChI=1S/C54H58N2O11/c1-35-24-45-38(12-14-42-28-40-8-4-6-10-47(40)55(42)53(45)58)30-49(35)66-33-36-25-37(27-44(26-36)65-23-22-64-21-20-63-19-18-62-17-16-52(57)61-3)34-67-51-31-39-13-15-43-29-41-9-5-7-11-48(41)56(43)54(59)46(39)32-50(51)60-2/h4-11,24-27,30-32,42-43H,12-23,28-29,33-34H2,1-3H3/t42-,43-/m1/s1. The zero-order valence-electron chi connectivity index (χ0n) is 38.5. The predicted molar refractivity (Wildman–Crippen MR) is 252 cm³/mol. The summed E-state index contributed by atoms with van der Waals surface area (Å²) in [6.07, 6.45) is 5.18. The average Bonchev–Trinajstić information content (AvgIpc) is 3.84. The maximum Gasteiger partial charge on any atom is 0.307 e. The van der Waals surface area contributed by atoms with Gasteiger partial charge in [-0.3, -0.25) is 14.4 Å². The number of hydrogen-bond donors (Lipinski definition) is 0. The second-order valence-corrected chi connectivity index (χ2v) is 17.4. The van der Waals surface area contributed by atoms with Crippen LogP contribution >= 0.6 is 0 Å². The van der Waals surface area contributed by atoms with E-state index in [1.165, 1.54) is 18.2 Å². The van der Waals surface area contributed by atoms with Gasteiger partial charge in [-0.25, -0.2) is 0 Å². The van der Waals surface area contributed by atoms with Gasteiger partial charge in [0.1, 0.15) is 31.3 Å². The minimum Gasteiger partial charge on any atom is -0.493 e. The number of para-hydroxylation sites is 2. The maximum atomic E-state index is 14.1. The van der Waals surface area contributed by atoms with Crippen LogP contribution in [0.15, 0.2) is 91.0 Å². The van der Waals surface area contributed by atoms with Gasteiger partial charge in [0.05, 0.1) is 60.3 Å². The Balaban J connectivity index is 0.870. The van der Waals surface area contributed by atoms with E-state index >= 15 is 0 Å². The minimum atomic E-state index is -0.308. The third-order valence-corrected chi connectivity index (χ3v) is 13.1. The second-order valence-electron chi connectivity index (χ2n) is 17.4.